The number of nitrogens with one attached hydrogen (secondary N) is 2. The van der Waals surface area contributed by atoms with Gasteiger partial charge >= 0.3 is 0 Å². The Kier molecular flexibility index (Phi) is 5.19. The first-order valence-electron chi connectivity index (χ1n) is 8.58. The van der Waals surface area contributed by atoms with Gasteiger partial charge in [0.1, 0.15) is 5.76 Å². The molecule has 6 nitrogen and oxygen atoms in total. The number of furan rings is 1. The first kappa shape index (κ1) is 17.2. The van der Waals surface area contributed by atoms with Gasteiger partial charge < -0.3 is 20.0 Å². The molecule has 0 radical (unpaired) electrons. The van der Waals surface area contributed by atoms with E-state index >= 15 is 0 Å². The van der Waals surface area contributed by atoms with E-state index < -0.39 is 0 Å². The van der Waals surface area contributed by atoms with Crippen LogP contribution in [0.2, 0.25) is 0 Å². The van der Waals surface area contributed by atoms with Crippen molar-refractivity contribution >= 4 is 17.5 Å². The molecule has 1 aliphatic heterocycles. The molecule has 1 aromatic carbocycles. The van der Waals surface area contributed by atoms with Gasteiger partial charge in [0.05, 0.1) is 11.3 Å². The normalized spacial score (nSPS) is 17.4. The molecule has 1 fully saturated rings. The molecule has 2 aromatic rings. The maximum absolute atomic E-state index is 12.9. The Morgan fingerprint density at radius 3 is 2.80 bits per heavy atom. The Morgan fingerprint density at radius 2 is 2.08 bits per heavy atom. The topological polar surface area (TPSA) is 74.6 Å². The third-order valence-corrected chi connectivity index (χ3v) is 4.41. The van der Waals surface area contributed by atoms with Crippen molar-refractivity contribution in [3.05, 3.63) is 53.5 Å². The summed E-state index contributed by atoms with van der Waals surface area (Å²) in [5.74, 6) is 0.473. The fourth-order valence-electron chi connectivity index (χ4n) is 2.97. The smallest absolute Gasteiger partial charge is 0.291 e. The van der Waals surface area contributed by atoms with E-state index in [1.165, 1.54) is 0 Å². The maximum Gasteiger partial charge on any atom is 0.291 e. The molecule has 3 rings (SSSR count). The van der Waals surface area contributed by atoms with Crippen LogP contribution in [0.25, 0.3) is 0 Å². The van der Waals surface area contributed by atoms with Crippen molar-refractivity contribution in [1.82, 2.24) is 10.2 Å². The molecule has 6 heteroatoms. The van der Waals surface area contributed by atoms with E-state index in [0.717, 1.165) is 13.0 Å². The molecule has 0 bridgehead atoms. The number of piperazine rings is 1. The van der Waals surface area contributed by atoms with Gasteiger partial charge in [0.15, 0.2) is 5.76 Å². The molecule has 0 aliphatic carbocycles. The maximum atomic E-state index is 12.9. The van der Waals surface area contributed by atoms with E-state index in [1.807, 2.05) is 4.90 Å². The second kappa shape index (κ2) is 7.53. The van der Waals surface area contributed by atoms with E-state index in [0.29, 0.717) is 36.1 Å². The van der Waals surface area contributed by atoms with Crippen molar-refractivity contribution in [3.63, 3.8) is 0 Å². The minimum absolute atomic E-state index is 0.0634. The van der Waals surface area contributed by atoms with Crippen molar-refractivity contribution < 1.29 is 14.0 Å². The number of hydrogen-bond acceptors (Lipinski definition) is 4. The Morgan fingerprint density at radius 1 is 1.28 bits per heavy atom. The fourth-order valence-corrected chi connectivity index (χ4v) is 2.97. The summed E-state index contributed by atoms with van der Waals surface area (Å²) in [5, 5.41) is 6.19. The predicted molar refractivity (Wildman–Crippen MR) is 95.8 cm³/mol. The Balaban J connectivity index is 1.78. The van der Waals surface area contributed by atoms with Crippen molar-refractivity contribution in [2.24, 2.45) is 0 Å². The number of carbonyl (C=O) groups is 2. The van der Waals surface area contributed by atoms with Crippen LogP contribution in [0.15, 0.2) is 40.8 Å². The van der Waals surface area contributed by atoms with Crippen molar-refractivity contribution in [3.8, 4) is 0 Å². The Labute approximate surface area is 147 Å². The molecular weight excluding hydrogens is 318 g/mol. The van der Waals surface area contributed by atoms with E-state index in [2.05, 4.69) is 17.6 Å². The molecule has 132 valence electrons. The van der Waals surface area contributed by atoms with Crippen LogP contribution in [-0.2, 0) is 0 Å². The molecule has 1 atom stereocenters. The SMILES string of the molecule is CCC1CN(C(=O)c2ccccc2NC(=O)c2ccc(C)o2)CCN1. The number of aryl methyl sites for hydroxylation is 1. The monoisotopic (exact) mass is 341 g/mol. The highest BCUT2D eigenvalue weighted by Crippen LogP contribution is 2.20. The van der Waals surface area contributed by atoms with Crippen molar-refractivity contribution in [2.75, 3.05) is 25.0 Å². The van der Waals surface area contributed by atoms with Crippen molar-refractivity contribution in [1.29, 1.82) is 0 Å². The third kappa shape index (κ3) is 3.91. The summed E-state index contributed by atoms with van der Waals surface area (Å²) >= 11 is 0. The summed E-state index contributed by atoms with van der Waals surface area (Å²) in [6.07, 6.45) is 0.972. The van der Waals surface area contributed by atoms with Crippen LogP contribution < -0.4 is 10.6 Å². The summed E-state index contributed by atoms with van der Waals surface area (Å²) in [7, 11) is 0. The number of nitrogens with zero attached hydrogens (tertiary/aromatic N) is 1. The largest absolute Gasteiger partial charge is 0.456 e. The van der Waals surface area contributed by atoms with Crippen LogP contribution in [-0.4, -0.2) is 42.4 Å². The van der Waals surface area contributed by atoms with Gasteiger partial charge in [0.2, 0.25) is 0 Å². The van der Waals surface area contributed by atoms with Gasteiger partial charge in [-0.15, -0.1) is 0 Å². The third-order valence-electron chi connectivity index (χ3n) is 4.41. The van der Waals surface area contributed by atoms with Gasteiger partial charge in [-0.2, -0.15) is 0 Å². The highest BCUT2D eigenvalue weighted by atomic mass is 16.3. The lowest BCUT2D eigenvalue weighted by Crippen LogP contribution is -2.52. The lowest BCUT2D eigenvalue weighted by atomic mass is 10.1. The van der Waals surface area contributed by atoms with E-state index in [-0.39, 0.29) is 17.6 Å². The number of hydrogen-bond donors (Lipinski definition) is 2. The molecule has 1 aromatic heterocycles. The summed E-state index contributed by atoms with van der Waals surface area (Å²) in [4.78, 5) is 27.1. The molecule has 25 heavy (non-hydrogen) atoms. The van der Waals surface area contributed by atoms with Crippen molar-refractivity contribution in [2.45, 2.75) is 26.3 Å². The van der Waals surface area contributed by atoms with E-state index in [4.69, 9.17) is 4.42 Å². The molecule has 2 heterocycles. The fraction of sp³-hybridized carbons (Fsp3) is 0.368. The van der Waals surface area contributed by atoms with E-state index in [9.17, 15) is 9.59 Å². The molecule has 2 amide bonds. The summed E-state index contributed by atoms with van der Waals surface area (Å²) in [6, 6.07) is 10.8. The van der Waals surface area contributed by atoms with Gasteiger partial charge in [-0.1, -0.05) is 19.1 Å². The summed E-state index contributed by atoms with van der Waals surface area (Å²) in [5.41, 5.74) is 0.994. The average Bonchev–Trinajstić information content (AvgIpc) is 3.08. The molecule has 1 saturated heterocycles. The second-order valence-corrected chi connectivity index (χ2v) is 6.22. The van der Waals surface area contributed by atoms with Gasteiger partial charge in [0.25, 0.3) is 11.8 Å². The van der Waals surface area contributed by atoms with Crippen LogP contribution in [0.1, 0.15) is 40.0 Å². The first-order chi connectivity index (χ1) is 12.1. The number of carbonyl (C=O) groups excluding carboxylic acids is 2. The number of rotatable bonds is 4. The van der Waals surface area contributed by atoms with Crippen LogP contribution in [0.4, 0.5) is 5.69 Å². The first-order valence-corrected chi connectivity index (χ1v) is 8.58. The zero-order valence-electron chi connectivity index (χ0n) is 14.5. The average molecular weight is 341 g/mol. The summed E-state index contributed by atoms with van der Waals surface area (Å²) < 4.78 is 5.35. The summed E-state index contributed by atoms with van der Waals surface area (Å²) in [6.45, 7) is 6.00. The van der Waals surface area contributed by atoms with Gasteiger partial charge in [0, 0.05) is 25.7 Å². The quantitative estimate of drug-likeness (QED) is 0.896. The predicted octanol–water partition coefficient (Wildman–Crippen LogP) is 2.66. The second-order valence-electron chi connectivity index (χ2n) is 6.22. The molecule has 2 N–H and O–H groups in total. The van der Waals surface area contributed by atoms with Gasteiger partial charge in [-0.25, -0.2) is 0 Å². The van der Waals surface area contributed by atoms with E-state index in [1.54, 1.807) is 43.3 Å². The van der Waals surface area contributed by atoms with Gasteiger partial charge in [-0.05, 0) is 37.6 Å². The van der Waals surface area contributed by atoms with Gasteiger partial charge in [-0.3, -0.25) is 9.59 Å². The number of para-hydroxylation sites is 1. The molecule has 0 saturated carbocycles. The minimum atomic E-state index is -0.361. The molecule has 1 aliphatic rings. The number of anilines is 1. The zero-order valence-corrected chi connectivity index (χ0v) is 14.5. The minimum Gasteiger partial charge on any atom is -0.456 e. The van der Waals surface area contributed by atoms with Crippen LogP contribution in [0.3, 0.4) is 0 Å². The number of benzene rings is 1. The Hall–Kier alpha value is -2.60. The highest BCUT2D eigenvalue weighted by Gasteiger charge is 2.25. The highest BCUT2D eigenvalue weighted by molar-refractivity contribution is 6.07. The standard InChI is InChI=1S/C19H23N3O3/c1-3-14-12-22(11-10-20-14)19(24)15-6-4-5-7-16(15)21-18(23)17-9-8-13(2)25-17/h4-9,14,20H,3,10-12H2,1-2H3,(H,21,23). The molecule has 0 spiro atoms. The number of amides is 2. The lowest BCUT2D eigenvalue weighted by Gasteiger charge is -2.33. The molecular formula is C19H23N3O3. The van der Waals surface area contributed by atoms with Crippen LogP contribution >= 0.6 is 0 Å². The Bertz CT molecular complexity index is 769. The zero-order chi connectivity index (χ0) is 17.8. The molecule has 1 unspecified atom stereocenters. The lowest BCUT2D eigenvalue weighted by molar-refractivity contribution is 0.0702. The van der Waals surface area contributed by atoms with Crippen LogP contribution in [0, 0.1) is 6.92 Å². The van der Waals surface area contributed by atoms with Crippen LogP contribution in [0.5, 0.6) is 0 Å².